The van der Waals surface area contributed by atoms with Gasteiger partial charge in [-0.3, -0.25) is 0 Å². The Morgan fingerprint density at radius 1 is 1.07 bits per heavy atom. The fraction of sp³-hybridized carbons (Fsp3) is 0.0909. The highest BCUT2D eigenvalue weighted by Crippen LogP contribution is 2.37. The molecule has 0 saturated carbocycles. The third kappa shape index (κ3) is 2.61. The molecule has 0 aliphatic rings. The lowest BCUT2D eigenvalue weighted by Gasteiger charge is -2.14. The fourth-order valence-electron chi connectivity index (χ4n) is 3.65. The van der Waals surface area contributed by atoms with Crippen LogP contribution >= 0.6 is 0 Å². The molecule has 28 heavy (non-hydrogen) atoms. The number of fused-ring (bicyclic) bond motifs is 1. The number of benzene rings is 2. The standard InChI is InChI=1S/C22H18N4O2/c1-2-25-12-11-15(13-23)21(25)22-19(14-24-28)18-5-3-4-6-20(18)26(22)16-7-9-17(27)10-8-16/h3-12,14,27-28H,2H2,1H3. The molecule has 2 N–H and O–H groups in total. The third-order valence-electron chi connectivity index (χ3n) is 4.86. The molecule has 6 nitrogen and oxygen atoms in total. The molecule has 0 fully saturated rings. The first-order valence-electron chi connectivity index (χ1n) is 8.89. The molecule has 0 aliphatic heterocycles. The zero-order valence-corrected chi connectivity index (χ0v) is 15.2. The van der Waals surface area contributed by atoms with Crippen molar-refractivity contribution in [2.75, 3.05) is 0 Å². The van der Waals surface area contributed by atoms with E-state index in [0.717, 1.165) is 33.5 Å². The summed E-state index contributed by atoms with van der Waals surface area (Å²) < 4.78 is 4.02. The topological polar surface area (TPSA) is 86.5 Å². The lowest BCUT2D eigenvalue weighted by atomic mass is 10.1. The van der Waals surface area contributed by atoms with Gasteiger partial charge in [0.25, 0.3) is 0 Å². The number of rotatable bonds is 4. The van der Waals surface area contributed by atoms with Crippen LogP contribution in [0.4, 0.5) is 0 Å². The van der Waals surface area contributed by atoms with E-state index >= 15 is 0 Å². The number of aromatic nitrogens is 2. The second-order valence-electron chi connectivity index (χ2n) is 6.35. The molecule has 4 rings (SSSR count). The number of aryl methyl sites for hydroxylation is 1. The second kappa shape index (κ2) is 6.97. The van der Waals surface area contributed by atoms with Crippen molar-refractivity contribution in [2.24, 2.45) is 5.16 Å². The minimum absolute atomic E-state index is 0.175. The first kappa shape index (κ1) is 17.4. The summed E-state index contributed by atoms with van der Waals surface area (Å²) >= 11 is 0. The highest BCUT2D eigenvalue weighted by atomic mass is 16.4. The zero-order valence-electron chi connectivity index (χ0n) is 15.2. The summed E-state index contributed by atoms with van der Waals surface area (Å²) in [6, 6.07) is 18.7. The van der Waals surface area contributed by atoms with Gasteiger partial charge in [0.1, 0.15) is 11.8 Å². The Kier molecular flexibility index (Phi) is 4.34. The predicted molar refractivity (Wildman–Crippen MR) is 108 cm³/mol. The van der Waals surface area contributed by atoms with Crippen LogP contribution in [0.3, 0.4) is 0 Å². The molecule has 0 radical (unpaired) electrons. The maximum Gasteiger partial charge on any atom is 0.115 e. The number of nitriles is 1. The summed E-state index contributed by atoms with van der Waals surface area (Å²) in [5.41, 5.74) is 4.51. The van der Waals surface area contributed by atoms with Crippen LogP contribution in [0.25, 0.3) is 28.0 Å². The van der Waals surface area contributed by atoms with Crippen LogP contribution in [0.5, 0.6) is 5.75 Å². The van der Waals surface area contributed by atoms with Crippen molar-refractivity contribution in [1.82, 2.24) is 9.13 Å². The molecule has 2 heterocycles. The van der Waals surface area contributed by atoms with Gasteiger partial charge >= 0.3 is 0 Å². The SMILES string of the molecule is CCn1ccc(C#N)c1-c1c(C=NO)c2ccccc2n1-c1ccc(O)cc1. The van der Waals surface area contributed by atoms with Gasteiger partial charge in [-0.05, 0) is 43.3 Å². The van der Waals surface area contributed by atoms with Crippen molar-refractivity contribution in [1.29, 1.82) is 5.26 Å². The van der Waals surface area contributed by atoms with Gasteiger partial charge in [0.15, 0.2) is 0 Å². The Bertz CT molecular complexity index is 1220. The molecule has 6 heteroatoms. The number of oxime groups is 1. The molecule has 4 aromatic rings. The van der Waals surface area contributed by atoms with Gasteiger partial charge in [-0.25, -0.2) is 0 Å². The highest BCUT2D eigenvalue weighted by Gasteiger charge is 2.23. The first-order valence-corrected chi connectivity index (χ1v) is 8.89. The van der Waals surface area contributed by atoms with Crippen molar-refractivity contribution < 1.29 is 10.3 Å². The molecule has 2 aromatic heterocycles. The maximum absolute atomic E-state index is 9.71. The van der Waals surface area contributed by atoms with E-state index in [2.05, 4.69) is 11.2 Å². The van der Waals surface area contributed by atoms with Crippen LogP contribution in [0.15, 0.2) is 65.9 Å². The molecule has 2 aromatic carbocycles. The molecule has 0 amide bonds. The Labute approximate surface area is 161 Å². The van der Waals surface area contributed by atoms with Crippen molar-refractivity contribution in [3.8, 4) is 28.9 Å². The van der Waals surface area contributed by atoms with Gasteiger partial charge < -0.3 is 19.4 Å². The molecule has 0 spiro atoms. The number of aromatic hydroxyl groups is 1. The number of phenolic OH excluding ortho intramolecular Hbond substituents is 1. The molecule has 0 unspecified atom stereocenters. The Hall–Kier alpha value is -3.98. The lowest BCUT2D eigenvalue weighted by Crippen LogP contribution is -2.04. The summed E-state index contributed by atoms with van der Waals surface area (Å²) in [6.45, 7) is 2.70. The summed E-state index contributed by atoms with van der Waals surface area (Å²) in [5.74, 6) is 0.175. The van der Waals surface area contributed by atoms with Crippen molar-refractivity contribution >= 4 is 17.1 Å². The number of phenols is 1. The van der Waals surface area contributed by atoms with Gasteiger partial charge in [0, 0.05) is 29.4 Å². The van der Waals surface area contributed by atoms with Crippen LogP contribution in [0.1, 0.15) is 18.1 Å². The Morgan fingerprint density at radius 3 is 2.50 bits per heavy atom. The van der Waals surface area contributed by atoms with Crippen LogP contribution in [0.2, 0.25) is 0 Å². The van der Waals surface area contributed by atoms with E-state index in [0.29, 0.717) is 12.1 Å². The van der Waals surface area contributed by atoms with E-state index in [4.69, 9.17) is 0 Å². The largest absolute Gasteiger partial charge is 0.508 e. The lowest BCUT2D eigenvalue weighted by molar-refractivity contribution is 0.322. The molecule has 0 bridgehead atoms. The van der Waals surface area contributed by atoms with E-state index in [-0.39, 0.29) is 5.75 Å². The summed E-state index contributed by atoms with van der Waals surface area (Å²) in [6.07, 6.45) is 3.29. The predicted octanol–water partition coefficient (Wildman–Crippen LogP) is 4.50. The summed E-state index contributed by atoms with van der Waals surface area (Å²) in [4.78, 5) is 0. The van der Waals surface area contributed by atoms with Crippen LogP contribution in [-0.4, -0.2) is 25.7 Å². The summed E-state index contributed by atoms with van der Waals surface area (Å²) in [7, 11) is 0. The maximum atomic E-state index is 9.71. The third-order valence-corrected chi connectivity index (χ3v) is 4.86. The number of hydrogen-bond donors (Lipinski definition) is 2. The first-order chi connectivity index (χ1) is 13.7. The van der Waals surface area contributed by atoms with Crippen LogP contribution in [0, 0.1) is 11.3 Å². The van der Waals surface area contributed by atoms with Gasteiger partial charge in [-0.15, -0.1) is 0 Å². The fourth-order valence-corrected chi connectivity index (χ4v) is 3.65. The Balaban J connectivity index is 2.20. The van der Waals surface area contributed by atoms with E-state index in [9.17, 15) is 15.6 Å². The van der Waals surface area contributed by atoms with Crippen molar-refractivity contribution in [2.45, 2.75) is 13.5 Å². The molecular formula is C22H18N4O2. The molecule has 0 aliphatic carbocycles. The monoisotopic (exact) mass is 370 g/mol. The quantitative estimate of drug-likeness (QED) is 0.315. The van der Waals surface area contributed by atoms with E-state index in [1.165, 1.54) is 6.21 Å². The average Bonchev–Trinajstić information content (AvgIpc) is 3.27. The normalized spacial score (nSPS) is 11.3. The van der Waals surface area contributed by atoms with E-state index in [1.54, 1.807) is 18.2 Å². The smallest absolute Gasteiger partial charge is 0.115 e. The van der Waals surface area contributed by atoms with Crippen LogP contribution in [-0.2, 0) is 6.54 Å². The summed E-state index contributed by atoms with van der Waals surface area (Å²) in [5, 5.41) is 32.9. The van der Waals surface area contributed by atoms with Gasteiger partial charge in [-0.1, -0.05) is 23.4 Å². The van der Waals surface area contributed by atoms with Gasteiger partial charge in [0.2, 0.25) is 0 Å². The minimum Gasteiger partial charge on any atom is -0.508 e. The number of hydrogen-bond acceptors (Lipinski definition) is 4. The minimum atomic E-state index is 0.175. The number of para-hydroxylation sites is 1. The van der Waals surface area contributed by atoms with Crippen LogP contribution < -0.4 is 0 Å². The second-order valence-corrected chi connectivity index (χ2v) is 6.35. The zero-order chi connectivity index (χ0) is 19.7. The molecule has 138 valence electrons. The van der Waals surface area contributed by atoms with Crippen molar-refractivity contribution in [3.05, 3.63) is 71.9 Å². The Morgan fingerprint density at radius 2 is 1.82 bits per heavy atom. The van der Waals surface area contributed by atoms with Crippen molar-refractivity contribution in [3.63, 3.8) is 0 Å². The van der Waals surface area contributed by atoms with E-state index in [1.807, 2.05) is 58.7 Å². The average molecular weight is 370 g/mol. The molecule has 0 atom stereocenters. The van der Waals surface area contributed by atoms with E-state index < -0.39 is 0 Å². The number of nitrogens with zero attached hydrogens (tertiary/aromatic N) is 4. The highest BCUT2D eigenvalue weighted by molar-refractivity contribution is 6.07. The van der Waals surface area contributed by atoms with Gasteiger partial charge in [0.05, 0.1) is 28.7 Å². The van der Waals surface area contributed by atoms with Gasteiger partial charge in [-0.2, -0.15) is 5.26 Å². The molecule has 0 saturated heterocycles. The molecular weight excluding hydrogens is 352 g/mol.